The monoisotopic (exact) mass is 379 g/mol. The van der Waals surface area contributed by atoms with E-state index < -0.39 is 0 Å². The standard InChI is InChI=1S/C23H26FN3O/c1-16-7-6-12-27-21(15-25-23(16)27)20(17-8-5-9-18(24)13-17)14-22(28)26-19-10-3-2-4-11-19/h5-9,12-13,15,19-20H,2-4,10-11,14H2,1H3,(H,26,28). The summed E-state index contributed by atoms with van der Waals surface area (Å²) in [7, 11) is 0. The summed E-state index contributed by atoms with van der Waals surface area (Å²) in [6.45, 7) is 2.01. The number of nitrogens with zero attached hydrogens (tertiary/aromatic N) is 2. The van der Waals surface area contributed by atoms with Gasteiger partial charge in [-0.25, -0.2) is 9.37 Å². The van der Waals surface area contributed by atoms with Gasteiger partial charge in [-0.3, -0.25) is 4.79 Å². The van der Waals surface area contributed by atoms with Crippen LogP contribution in [0.3, 0.4) is 0 Å². The molecule has 0 spiro atoms. The highest BCUT2D eigenvalue weighted by Gasteiger charge is 2.24. The van der Waals surface area contributed by atoms with Crippen molar-refractivity contribution in [1.82, 2.24) is 14.7 Å². The van der Waals surface area contributed by atoms with Crippen LogP contribution in [0.4, 0.5) is 4.39 Å². The van der Waals surface area contributed by atoms with E-state index in [2.05, 4.69) is 10.3 Å². The number of benzene rings is 1. The van der Waals surface area contributed by atoms with Crippen LogP contribution in [0, 0.1) is 12.7 Å². The summed E-state index contributed by atoms with van der Waals surface area (Å²) in [5.74, 6) is -0.528. The Bertz CT molecular complexity index is 975. The van der Waals surface area contributed by atoms with Crippen LogP contribution in [-0.2, 0) is 4.79 Å². The van der Waals surface area contributed by atoms with Gasteiger partial charge in [0.15, 0.2) is 0 Å². The van der Waals surface area contributed by atoms with E-state index in [1.165, 1.54) is 31.4 Å². The van der Waals surface area contributed by atoms with Crippen LogP contribution in [0.1, 0.15) is 61.3 Å². The molecule has 1 aliphatic rings. The summed E-state index contributed by atoms with van der Waals surface area (Å²) in [6.07, 6.45) is 9.73. The first kappa shape index (κ1) is 18.7. The molecule has 0 saturated heterocycles. The van der Waals surface area contributed by atoms with Gasteiger partial charge < -0.3 is 9.72 Å². The molecule has 1 fully saturated rings. The summed E-state index contributed by atoms with van der Waals surface area (Å²) < 4.78 is 15.9. The second-order valence-corrected chi connectivity index (χ2v) is 7.78. The van der Waals surface area contributed by atoms with Crippen molar-refractivity contribution < 1.29 is 9.18 Å². The number of carbonyl (C=O) groups is 1. The molecule has 28 heavy (non-hydrogen) atoms. The zero-order chi connectivity index (χ0) is 19.5. The van der Waals surface area contributed by atoms with Crippen molar-refractivity contribution >= 4 is 11.6 Å². The molecule has 0 aliphatic heterocycles. The third-order valence-corrected chi connectivity index (χ3v) is 5.73. The quantitative estimate of drug-likeness (QED) is 0.695. The summed E-state index contributed by atoms with van der Waals surface area (Å²) in [5.41, 5.74) is 3.63. The van der Waals surface area contributed by atoms with Crippen molar-refractivity contribution in [2.75, 3.05) is 0 Å². The minimum absolute atomic E-state index is 0.0174. The van der Waals surface area contributed by atoms with E-state index in [-0.39, 0.29) is 30.1 Å². The molecule has 1 unspecified atom stereocenters. The van der Waals surface area contributed by atoms with E-state index in [1.54, 1.807) is 6.07 Å². The molecule has 0 bridgehead atoms. The van der Waals surface area contributed by atoms with Gasteiger partial charge >= 0.3 is 0 Å². The number of rotatable bonds is 5. The predicted octanol–water partition coefficient (Wildman–Crippen LogP) is 4.75. The van der Waals surface area contributed by atoms with Gasteiger partial charge in [-0.2, -0.15) is 0 Å². The smallest absolute Gasteiger partial charge is 0.221 e. The fourth-order valence-corrected chi connectivity index (χ4v) is 4.26. The lowest BCUT2D eigenvalue weighted by atomic mass is 9.91. The number of hydrogen-bond acceptors (Lipinski definition) is 2. The average molecular weight is 379 g/mol. The van der Waals surface area contributed by atoms with E-state index in [1.807, 2.05) is 41.9 Å². The Kier molecular flexibility index (Phi) is 5.42. The lowest BCUT2D eigenvalue weighted by molar-refractivity contribution is -0.122. The number of halogens is 1. The van der Waals surface area contributed by atoms with E-state index >= 15 is 0 Å². The minimum Gasteiger partial charge on any atom is -0.353 e. The van der Waals surface area contributed by atoms with Gasteiger partial charge in [-0.05, 0) is 49.1 Å². The van der Waals surface area contributed by atoms with Crippen molar-refractivity contribution in [3.63, 3.8) is 0 Å². The largest absolute Gasteiger partial charge is 0.353 e. The molecule has 2 aromatic heterocycles. The molecule has 3 aromatic rings. The molecule has 146 valence electrons. The number of nitrogens with one attached hydrogen (secondary N) is 1. The normalized spacial score (nSPS) is 16.2. The lowest BCUT2D eigenvalue weighted by Crippen LogP contribution is -2.37. The van der Waals surface area contributed by atoms with Crippen LogP contribution in [-0.4, -0.2) is 21.3 Å². The molecule has 4 rings (SSSR count). The van der Waals surface area contributed by atoms with Crippen LogP contribution in [0.5, 0.6) is 0 Å². The van der Waals surface area contributed by atoms with Crippen molar-refractivity contribution in [2.45, 2.75) is 57.4 Å². The topological polar surface area (TPSA) is 46.4 Å². The van der Waals surface area contributed by atoms with Crippen LogP contribution < -0.4 is 5.32 Å². The first-order chi connectivity index (χ1) is 13.6. The highest BCUT2D eigenvalue weighted by molar-refractivity contribution is 5.78. The van der Waals surface area contributed by atoms with Gasteiger partial charge in [0, 0.05) is 30.8 Å². The van der Waals surface area contributed by atoms with Crippen molar-refractivity contribution in [1.29, 1.82) is 0 Å². The maximum absolute atomic E-state index is 13.9. The Morgan fingerprint density at radius 2 is 2.07 bits per heavy atom. The van der Waals surface area contributed by atoms with Gasteiger partial charge in [-0.1, -0.05) is 37.5 Å². The SMILES string of the molecule is Cc1cccn2c(C(CC(=O)NC3CCCCC3)c3cccc(F)c3)cnc12. The van der Waals surface area contributed by atoms with Crippen LogP contribution in [0.25, 0.3) is 5.65 Å². The Morgan fingerprint density at radius 3 is 2.86 bits per heavy atom. The molecule has 5 heteroatoms. The average Bonchev–Trinajstić information content (AvgIpc) is 3.12. The van der Waals surface area contributed by atoms with Gasteiger partial charge in [0.2, 0.25) is 5.91 Å². The molecular weight excluding hydrogens is 353 g/mol. The first-order valence-electron chi connectivity index (χ1n) is 10.1. The molecule has 1 aromatic carbocycles. The summed E-state index contributed by atoms with van der Waals surface area (Å²) >= 11 is 0. The lowest BCUT2D eigenvalue weighted by Gasteiger charge is -2.24. The summed E-state index contributed by atoms with van der Waals surface area (Å²) in [6, 6.07) is 10.8. The molecular formula is C23H26FN3O. The van der Waals surface area contributed by atoms with Gasteiger partial charge in [0.25, 0.3) is 0 Å². The van der Waals surface area contributed by atoms with Crippen molar-refractivity contribution in [3.05, 3.63) is 71.4 Å². The Morgan fingerprint density at radius 1 is 1.25 bits per heavy atom. The molecule has 1 atom stereocenters. The number of carbonyl (C=O) groups excluding carboxylic acids is 1. The first-order valence-corrected chi connectivity index (χ1v) is 10.1. The number of hydrogen-bond donors (Lipinski definition) is 1. The second-order valence-electron chi connectivity index (χ2n) is 7.78. The van der Waals surface area contributed by atoms with E-state index in [0.29, 0.717) is 0 Å². The van der Waals surface area contributed by atoms with Gasteiger partial charge in [0.05, 0.1) is 5.69 Å². The molecule has 1 N–H and O–H groups in total. The molecule has 0 radical (unpaired) electrons. The van der Waals surface area contributed by atoms with E-state index in [9.17, 15) is 9.18 Å². The number of fused-ring (bicyclic) bond motifs is 1. The Labute approximate surface area is 164 Å². The molecule has 1 saturated carbocycles. The number of imidazole rings is 1. The predicted molar refractivity (Wildman–Crippen MR) is 108 cm³/mol. The van der Waals surface area contributed by atoms with Crippen molar-refractivity contribution in [2.24, 2.45) is 0 Å². The zero-order valence-corrected chi connectivity index (χ0v) is 16.2. The van der Waals surface area contributed by atoms with Gasteiger partial charge in [0.1, 0.15) is 11.5 Å². The fourth-order valence-electron chi connectivity index (χ4n) is 4.26. The Hall–Kier alpha value is -2.69. The number of amides is 1. The van der Waals surface area contributed by atoms with Gasteiger partial charge in [-0.15, -0.1) is 0 Å². The van der Waals surface area contributed by atoms with Crippen LogP contribution >= 0.6 is 0 Å². The highest BCUT2D eigenvalue weighted by Crippen LogP contribution is 2.30. The third kappa shape index (κ3) is 3.93. The fraction of sp³-hybridized carbons (Fsp3) is 0.391. The van der Waals surface area contributed by atoms with Crippen molar-refractivity contribution in [3.8, 4) is 0 Å². The second kappa shape index (κ2) is 8.13. The third-order valence-electron chi connectivity index (χ3n) is 5.73. The van der Waals surface area contributed by atoms with E-state index in [4.69, 9.17) is 0 Å². The number of aromatic nitrogens is 2. The number of aryl methyl sites for hydroxylation is 1. The number of pyridine rings is 1. The summed E-state index contributed by atoms with van der Waals surface area (Å²) in [5, 5.41) is 3.19. The van der Waals surface area contributed by atoms with Crippen LogP contribution in [0.2, 0.25) is 0 Å². The van der Waals surface area contributed by atoms with Crippen LogP contribution in [0.15, 0.2) is 48.8 Å². The molecule has 1 aliphatic carbocycles. The molecule has 4 nitrogen and oxygen atoms in total. The van der Waals surface area contributed by atoms with E-state index in [0.717, 1.165) is 35.3 Å². The Balaban J connectivity index is 1.66. The molecule has 2 heterocycles. The molecule has 1 amide bonds. The maximum atomic E-state index is 13.9. The summed E-state index contributed by atoms with van der Waals surface area (Å²) in [4.78, 5) is 17.4. The highest BCUT2D eigenvalue weighted by atomic mass is 19.1. The minimum atomic E-state index is -0.291. The maximum Gasteiger partial charge on any atom is 0.221 e. The zero-order valence-electron chi connectivity index (χ0n) is 16.2.